The summed E-state index contributed by atoms with van der Waals surface area (Å²) in [7, 11) is 0. The largest absolute Gasteiger partial charge is 0.493 e. The van der Waals surface area contributed by atoms with Gasteiger partial charge in [-0.15, -0.1) is 0 Å². The molecule has 21 heavy (non-hydrogen) atoms. The molecule has 1 N–H and O–H groups in total. The normalized spacial score (nSPS) is 21.8. The first kappa shape index (κ1) is 14.9. The number of rotatable bonds is 6. The standard InChI is InChI=1S/C18H28N2O/c1-14(2)20-9-6-16(13-20)12-19-8-5-15-3-4-18-17(11-15)7-10-21-18/h3-4,11,14,16,19H,5-10,12-13H2,1-2H3. The third kappa shape index (κ3) is 3.78. The van der Waals surface area contributed by atoms with E-state index in [2.05, 4.69) is 42.3 Å². The summed E-state index contributed by atoms with van der Waals surface area (Å²) < 4.78 is 5.56. The van der Waals surface area contributed by atoms with Gasteiger partial charge in [-0.05, 0) is 69.4 Å². The van der Waals surface area contributed by atoms with Gasteiger partial charge in [-0.25, -0.2) is 0 Å². The molecule has 0 amide bonds. The zero-order valence-electron chi connectivity index (χ0n) is 13.4. The number of nitrogens with one attached hydrogen (secondary N) is 1. The van der Waals surface area contributed by atoms with Crippen LogP contribution in [0.1, 0.15) is 31.4 Å². The Balaban J connectivity index is 1.37. The van der Waals surface area contributed by atoms with Crippen molar-refractivity contribution in [3.05, 3.63) is 29.3 Å². The van der Waals surface area contributed by atoms with Gasteiger partial charge in [0, 0.05) is 19.0 Å². The van der Waals surface area contributed by atoms with E-state index >= 15 is 0 Å². The van der Waals surface area contributed by atoms with Crippen LogP contribution in [-0.4, -0.2) is 43.7 Å². The Kier molecular flexibility index (Phi) is 4.81. The van der Waals surface area contributed by atoms with Crippen molar-refractivity contribution < 1.29 is 4.74 Å². The molecule has 3 heteroatoms. The summed E-state index contributed by atoms with van der Waals surface area (Å²) in [6, 6.07) is 7.36. The summed E-state index contributed by atoms with van der Waals surface area (Å²) in [5.41, 5.74) is 2.82. The van der Waals surface area contributed by atoms with Crippen molar-refractivity contribution in [2.45, 2.75) is 39.2 Å². The zero-order valence-corrected chi connectivity index (χ0v) is 13.4. The van der Waals surface area contributed by atoms with E-state index in [1.165, 1.54) is 30.6 Å². The van der Waals surface area contributed by atoms with Crippen molar-refractivity contribution in [1.82, 2.24) is 10.2 Å². The van der Waals surface area contributed by atoms with E-state index in [1.54, 1.807) is 0 Å². The highest BCUT2D eigenvalue weighted by Crippen LogP contribution is 2.25. The van der Waals surface area contributed by atoms with Gasteiger partial charge in [0.15, 0.2) is 0 Å². The minimum atomic E-state index is 0.698. The van der Waals surface area contributed by atoms with Crippen LogP contribution < -0.4 is 10.1 Å². The van der Waals surface area contributed by atoms with Crippen LogP contribution >= 0.6 is 0 Å². The summed E-state index contributed by atoms with van der Waals surface area (Å²) >= 11 is 0. The second-order valence-electron chi connectivity index (χ2n) is 6.74. The SMILES string of the molecule is CC(C)N1CCC(CNCCc2ccc3c(c2)CCO3)C1. The van der Waals surface area contributed by atoms with Gasteiger partial charge in [0.1, 0.15) is 5.75 Å². The molecular formula is C18H28N2O. The Labute approximate surface area is 128 Å². The van der Waals surface area contributed by atoms with E-state index in [4.69, 9.17) is 4.74 Å². The van der Waals surface area contributed by atoms with Gasteiger partial charge in [-0.3, -0.25) is 0 Å². The number of hydrogen-bond donors (Lipinski definition) is 1. The van der Waals surface area contributed by atoms with Crippen LogP contribution in [0.15, 0.2) is 18.2 Å². The van der Waals surface area contributed by atoms with Crippen molar-refractivity contribution in [2.75, 3.05) is 32.8 Å². The van der Waals surface area contributed by atoms with Crippen LogP contribution in [0.4, 0.5) is 0 Å². The van der Waals surface area contributed by atoms with Gasteiger partial charge in [0.2, 0.25) is 0 Å². The van der Waals surface area contributed by atoms with Crippen molar-refractivity contribution in [2.24, 2.45) is 5.92 Å². The molecule has 0 radical (unpaired) electrons. The second kappa shape index (κ2) is 6.80. The molecular weight excluding hydrogens is 260 g/mol. The first-order valence-corrected chi connectivity index (χ1v) is 8.42. The third-order valence-electron chi connectivity index (χ3n) is 4.82. The number of likely N-dealkylation sites (tertiary alicyclic amines) is 1. The Hall–Kier alpha value is -1.06. The lowest BCUT2D eigenvalue weighted by molar-refractivity contribution is 0.264. The first-order chi connectivity index (χ1) is 10.2. The topological polar surface area (TPSA) is 24.5 Å². The summed E-state index contributed by atoms with van der Waals surface area (Å²) in [6.45, 7) is 10.2. The maximum absolute atomic E-state index is 5.56. The van der Waals surface area contributed by atoms with Gasteiger partial charge >= 0.3 is 0 Å². The smallest absolute Gasteiger partial charge is 0.122 e. The zero-order chi connectivity index (χ0) is 14.7. The molecule has 3 nitrogen and oxygen atoms in total. The number of hydrogen-bond acceptors (Lipinski definition) is 3. The first-order valence-electron chi connectivity index (χ1n) is 8.42. The van der Waals surface area contributed by atoms with Crippen molar-refractivity contribution >= 4 is 0 Å². The molecule has 2 aliphatic rings. The summed E-state index contributed by atoms with van der Waals surface area (Å²) in [4.78, 5) is 2.59. The Morgan fingerprint density at radius 2 is 2.29 bits per heavy atom. The average Bonchev–Trinajstić information content (AvgIpc) is 3.12. The highest BCUT2D eigenvalue weighted by atomic mass is 16.5. The third-order valence-corrected chi connectivity index (χ3v) is 4.82. The second-order valence-corrected chi connectivity index (χ2v) is 6.74. The van der Waals surface area contributed by atoms with Crippen LogP contribution in [-0.2, 0) is 12.8 Å². The fourth-order valence-electron chi connectivity index (χ4n) is 3.43. The molecule has 0 bridgehead atoms. The van der Waals surface area contributed by atoms with E-state index in [-0.39, 0.29) is 0 Å². The fourth-order valence-corrected chi connectivity index (χ4v) is 3.43. The lowest BCUT2D eigenvalue weighted by Crippen LogP contribution is -2.31. The van der Waals surface area contributed by atoms with Gasteiger partial charge in [-0.2, -0.15) is 0 Å². The fraction of sp³-hybridized carbons (Fsp3) is 0.667. The van der Waals surface area contributed by atoms with Crippen molar-refractivity contribution in [3.63, 3.8) is 0 Å². The van der Waals surface area contributed by atoms with Crippen LogP contribution in [0.5, 0.6) is 5.75 Å². The van der Waals surface area contributed by atoms with E-state index in [0.29, 0.717) is 6.04 Å². The van der Waals surface area contributed by atoms with Gasteiger partial charge < -0.3 is 15.0 Å². The minimum Gasteiger partial charge on any atom is -0.493 e. The quantitative estimate of drug-likeness (QED) is 0.814. The van der Waals surface area contributed by atoms with Crippen LogP contribution in [0.3, 0.4) is 0 Å². The van der Waals surface area contributed by atoms with E-state index in [1.807, 2.05) is 0 Å². The summed E-state index contributed by atoms with van der Waals surface area (Å²) in [5.74, 6) is 1.92. The Bertz CT molecular complexity index is 472. The van der Waals surface area contributed by atoms with E-state index < -0.39 is 0 Å². The number of nitrogens with zero attached hydrogens (tertiary/aromatic N) is 1. The predicted octanol–water partition coefficient (Wildman–Crippen LogP) is 2.48. The van der Waals surface area contributed by atoms with Crippen LogP contribution in [0, 0.1) is 5.92 Å². The molecule has 116 valence electrons. The maximum atomic E-state index is 5.56. The molecule has 0 aromatic heterocycles. The van der Waals surface area contributed by atoms with Crippen LogP contribution in [0.2, 0.25) is 0 Å². The molecule has 0 spiro atoms. The molecule has 1 unspecified atom stereocenters. The van der Waals surface area contributed by atoms with E-state index in [9.17, 15) is 0 Å². The molecule has 1 fully saturated rings. The Morgan fingerprint density at radius 1 is 1.38 bits per heavy atom. The number of fused-ring (bicyclic) bond motifs is 1. The molecule has 1 aromatic carbocycles. The molecule has 3 rings (SSSR count). The highest BCUT2D eigenvalue weighted by Gasteiger charge is 2.23. The molecule has 0 saturated carbocycles. The lowest BCUT2D eigenvalue weighted by Gasteiger charge is -2.20. The highest BCUT2D eigenvalue weighted by molar-refractivity contribution is 5.39. The average molecular weight is 288 g/mol. The maximum Gasteiger partial charge on any atom is 0.122 e. The summed E-state index contributed by atoms with van der Waals surface area (Å²) in [6.07, 6.45) is 3.54. The predicted molar refractivity (Wildman–Crippen MR) is 87.0 cm³/mol. The Morgan fingerprint density at radius 3 is 3.10 bits per heavy atom. The molecule has 1 aromatic rings. The monoisotopic (exact) mass is 288 g/mol. The molecule has 1 saturated heterocycles. The molecule has 1 atom stereocenters. The molecule has 0 aliphatic carbocycles. The number of benzene rings is 1. The summed E-state index contributed by atoms with van der Waals surface area (Å²) in [5, 5.41) is 3.65. The number of ether oxygens (including phenoxy) is 1. The van der Waals surface area contributed by atoms with Crippen LogP contribution in [0.25, 0.3) is 0 Å². The van der Waals surface area contributed by atoms with E-state index in [0.717, 1.165) is 44.2 Å². The van der Waals surface area contributed by atoms with Crippen molar-refractivity contribution in [3.8, 4) is 5.75 Å². The van der Waals surface area contributed by atoms with Gasteiger partial charge in [0.05, 0.1) is 6.61 Å². The lowest BCUT2D eigenvalue weighted by atomic mass is 10.1. The molecule has 2 aliphatic heterocycles. The van der Waals surface area contributed by atoms with Crippen molar-refractivity contribution in [1.29, 1.82) is 0 Å². The minimum absolute atomic E-state index is 0.698. The van der Waals surface area contributed by atoms with Gasteiger partial charge in [-0.1, -0.05) is 12.1 Å². The molecule has 2 heterocycles. The van der Waals surface area contributed by atoms with Gasteiger partial charge in [0.25, 0.3) is 0 Å².